The first-order valence-electron chi connectivity index (χ1n) is 8.65. The number of anilines is 1. The monoisotopic (exact) mass is 456 g/mol. The Labute approximate surface area is 175 Å². The minimum Gasteiger partial charge on any atom is -0.490 e. The number of ether oxygens (including phenoxy) is 2. The van der Waals surface area contributed by atoms with Gasteiger partial charge in [0.2, 0.25) is 5.88 Å². The minimum absolute atomic E-state index is 0.104. The normalized spacial score (nSPS) is 10.7. The molecule has 3 rings (SSSR count). The van der Waals surface area contributed by atoms with Crippen LogP contribution >= 0.6 is 15.9 Å². The molecule has 0 unspecified atom stereocenters. The Kier molecular flexibility index (Phi) is 6.75. The molecule has 8 nitrogen and oxygen atoms in total. The van der Waals surface area contributed by atoms with E-state index in [2.05, 4.69) is 31.4 Å². The van der Waals surface area contributed by atoms with Crippen molar-refractivity contribution in [3.63, 3.8) is 0 Å². The fraction of sp³-hybridized carbons (Fsp3) is 0.100. The fourth-order valence-corrected chi connectivity index (χ4v) is 2.58. The Morgan fingerprint density at radius 1 is 1.17 bits per heavy atom. The first kappa shape index (κ1) is 20.3. The molecule has 0 aliphatic rings. The maximum atomic E-state index is 10.7. The number of halogens is 1. The highest BCUT2D eigenvalue weighted by Crippen LogP contribution is 2.32. The topological polar surface area (TPSA) is 98.9 Å². The second-order valence-electron chi connectivity index (χ2n) is 5.73. The van der Waals surface area contributed by atoms with E-state index in [1.807, 2.05) is 37.3 Å². The average Bonchev–Trinajstić information content (AvgIpc) is 2.72. The fourth-order valence-electron chi connectivity index (χ4n) is 2.32. The lowest BCUT2D eigenvalue weighted by Crippen LogP contribution is -1.98. The molecule has 29 heavy (non-hydrogen) atoms. The maximum absolute atomic E-state index is 10.7. The summed E-state index contributed by atoms with van der Waals surface area (Å²) in [4.78, 5) is 14.2. The van der Waals surface area contributed by atoms with Crippen molar-refractivity contribution in [1.82, 2.24) is 4.98 Å². The van der Waals surface area contributed by atoms with E-state index >= 15 is 0 Å². The highest BCUT2D eigenvalue weighted by Gasteiger charge is 2.10. The second kappa shape index (κ2) is 9.65. The van der Waals surface area contributed by atoms with E-state index in [0.29, 0.717) is 18.1 Å². The molecule has 0 radical (unpaired) electrons. The third-order valence-electron chi connectivity index (χ3n) is 3.67. The molecule has 0 atom stereocenters. The number of nitrogens with zero attached hydrogens (tertiary/aromatic N) is 3. The average molecular weight is 457 g/mol. The number of aromatic nitrogens is 1. The van der Waals surface area contributed by atoms with Gasteiger partial charge in [-0.2, -0.15) is 5.10 Å². The van der Waals surface area contributed by atoms with Gasteiger partial charge in [-0.3, -0.25) is 15.5 Å². The van der Waals surface area contributed by atoms with Crippen molar-refractivity contribution in [2.75, 3.05) is 12.0 Å². The van der Waals surface area contributed by atoms with Gasteiger partial charge in [-0.05, 0) is 55.0 Å². The van der Waals surface area contributed by atoms with Gasteiger partial charge in [-0.1, -0.05) is 15.9 Å². The molecule has 1 N–H and O–H groups in total. The van der Waals surface area contributed by atoms with Gasteiger partial charge in [0.25, 0.3) is 5.69 Å². The Bertz CT molecular complexity index is 1010. The zero-order valence-corrected chi connectivity index (χ0v) is 17.0. The van der Waals surface area contributed by atoms with Crippen LogP contribution < -0.4 is 14.9 Å². The van der Waals surface area contributed by atoms with E-state index in [1.165, 1.54) is 12.1 Å². The molecule has 148 valence electrons. The Hall–Kier alpha value is -3.46. The summed E-state index contributed by atoms with van der Waals surface area (Å²) >= 11 is 3.39. The number of hydrazone groups is 1. The molecule has 0 saturated heterocycles. The molecule has 1 heterocycles. The quantitative estimate of drug-likeness (QED) is 0.277. The van der Waals surface area contributed by atoms with Crippen LogP contribution in [0, 0.1) is 10.1 Å². The van der Waals surface area contributed by atoms with Gasteiger partial charge in [0.05, 0.1) is 23.4 Å². The summed E-state index contributed by atoms with van der Waals surface area (Å²) < 4.78 is 12.3. The molecule has 0 amide bonds. The highest BCUT2D eigenvalue weighted by atomic mass is 79.9. The summed E-state index contributed by atoms with van der Waals surface area (Å²) in [7, 11) is 0. The molecule has 3 aromatic rings. The number of rotatable bonds is 8. The van der Waals surface area contributed by atoms with Gasteiger partial charge < -0.3 is 9.47 Å². The number of benzene rings is 2. The SMILES string of the molecule is CCOc1cc(/C=N/Nc2ccc(Br)cc2)ccc1Oc1ccc([N+](=O)[O-])cn1. The summed E-state index contributed by atoms with van der Waals surface area (Å²) in [6, 6.07) is 15.8. The number of hydrogen-bond acceptors (Lipinski definition) is 7. The van der Waals surface area contributed by atoms with Gasteiger partial charge in [-0.15, -0.1) is 0 Å². The molecule has 0 saturated carbocycles. The van der Waals surface area contributed by atoms with Crippen molar-refractivity contribution in [2.45, 2.75) is 6.92 Å². The number of pyridine rings is 1. The van der Waals surface area contributed by atoms with Gasteiger partial charge in [0.1, 0.15) is 6.20 Å². The Morgan fingerprint density at radius 2 is 1.97 bits per heavy atom. The van der Waals surface area contributed by atoms with Crippen molar-refractivity contribution in [1.29, 1.82) is 0 Å². The molecule has 0 spiro atoms. The standard InChI is InChI=1S/C20H17BrN4O4/c1-2-28-19-11-14(12-23-24-16-6-4-15(21)5-7-16)3-9-18(19)29-20-10-8-17(13-22-20)25(26)27/h3-13,24H,2H2,1H3/b23-12+. The predicted molar refractivity (Wildman–Crippen MR) is 114 cm³/mol. The van der Waals surface area contributed by atoms with E-state index in [9.17, 15) is 10.1 Å². The smallest absolute Gasteiger partial charge is 0.287 e. The zero-order chi connectivity index (χ0) is 20.6. The van der Waals surface area contributed by atoms with Crippen LogP contribution in [0.3, 0.4) is 0 Å². The van der Waals surface area contributed by atoms with Crippen LogP contribution in [0.15, 0.2) is 70.4 Å². The Balaban J connectivity index is 1.72. The van der Waals surface area contributed by atoms with Gasteiger partial charge in [0.15, 0.2) is 11.5 Å². The molecule has 0 fully saturated rings. The van der Waals surface area contributed by atoms with Crippen molar-refractivity contribution in [2.24, 2.45) is 5.10 Å². The molecule has 1 aromatic heterocycles. The Morgan fingerprint density at radius 3 is 2.62 bits per heavy atom. The summed E-state index contributed by atoms with van der Waals surface area (Å²) in [5.74, 6) is 1.20. The van der Waals surface area contributed by atoms with Crippen molar-refractivity contribution >= 4 is 33.5 Å². The van der Waals surface area contributed by atoms with Gasteiger partial charge >= 0.3 is 0 Å². The minimum atomic E-state index is -0.515. The van der Waals surface area contributed by atoms with Crippen LogP contribution in [0.2, 0.25) is 0 Å². The third-order valence-corrected chi connectivity index (χ3v) is 4.19. The predicted octanol–water partition coefficient (Wildman–Crippen LogP) is 5.39. The molecule has 0 bridgehead atoms. The molecule has 9 heteroatoms. The molecular weight excluding hydrogens is 440 g/mol. The van der Waals surface area contributed by atoms with Crippen LogP contribution in [0.1, 0.15) is 12.5 Å². The summed E-state index contributed by atoms with van der Waals surface area (Å²) in [5.41, 5.74) is 4.52. The summed E-state index contributed by atoms with van der Waals surface area (Å²) in [6.45, 7) is 2.31. The first-order valence-corrected chi connectivity index (χ1v) is 9.44. The van der Waals surface area contributed by atoms with Crippen LogP contribution in [0.4, 0.5) is 11.4 Å². The zero-order valence-electron chi connectivity index (χ0n) is 15.4. The van der Waals surface area contributed by atoms with Crippen LogP contribution in [-0.4, -0.2) is 22.7 Å². The van der Waals surface area contributed by atoms with Crippen LogP contribution in [0.25, 0.3) is 0 Å². The molecular formula is C20H17BrN4O4. The summed E-state index contributed by atoms with van der Waals surface area (Å²) in [5, 5.41) is 14.9. The van der Waals surface area contributed by atoms with E-state index in [4.69, 9.17) is 9.47 Å². The first-order chi connectivity index (χ1) is 14.0. The lowest BCUT2D eigenvalue weighted by molar-refractivity contribution is -0.385. The number of nitrogens with one attached hydrogen (secondary N) is 1. The lowest BCUT2D eigenvalue weighted by Gasteiger charge is -2.11. The van der Waals surface area contributed by atoms with Gasteiger partial charge in [-0.25, -0.2) is 4.98 Å². The van der Waals surface area contributed by atoms with Crippen molar-refractivity contribution < 1.29 is 14.4 Å². The van der Waals surface area contributed by atoms with E-state index < -0.39 is 4.92 Å². The molecule has 2 aromatic carbocycles. The van der Waals surface area contributed by atoms with Crippen LogP contribution in [-0.2, 0) is 0 Å². The maximum Gasteiger partial charge on any atom is 0.287 e. The van der Waals surface area contributed by atoms with E-state index in [1.54, 1.807) is 18.3 Å². The summed E-state index contributed by atoms with van der Waals surface area (Å²) in [6.07, 6.45) is 2.81. The molecule has 0 aliphatic carbocycles. The lowest BCUT2D eigenvalue weighted by atomic mass is 10.2. The van der Waals surface area contributed by atoms with Crippen LogP contribution in [0.5, 0.6) is 17.4 Å². The van der Waals surface area contributed by atoms with Crippen molar-refractivity contribution in [3.05, 3.63) is 80.9 Å². The van der Waals surface area contributed by atoms with Gasteiger partial charge in [0, 0.05) is 16.6 Å². The third kappa shape index (κ3) is 5.76. The number of nitro groups is 1. The van der Waals surface area contributed by atoms with Crippen molar-refractivity contribution in [3.8, 4) is 17.4 Å². The highest BCUT2D eigenvalue weighted by molar-refractivity contribution is 9.10. The van der Waals surface area contributed by atoms with E-state index in [-0.39, 0.29) is 11.6 Å². The van der Waals surface area contributed by atoms with E-state index in [0.717, 1.165) is 21.9 Å². The number of hydrogen-bond donors (Lipinski definition) is 1. The second-order valence-corrected chi connectivity index (χ2v) is 6.65. The largest absolute Gasteiger partial charge is 0.490 e. The molecule has 0 aliphatic heterocycles.